The molecular formula is C18H22FNO2S. The lowest BCUT2D eigenvalue weighted by Crippen LogP contribution is -2.24. The van der Waals surface area contributed by atoms with Gasteiger partial charge in [0.25, 0.3) is 5.91 Å². The highest BCUT2D eigenvalue weighted by molar-refractivity contribution is 7.17. The molecule has 2 aromatic rings. The van der Waals surface area contributed by atoms with Crippen LogP contribution in [-0.2, 0) is 4.74 Å². The summed E-state index contributed by atoms with van der Waals surface area (Å²) >= 11 is 1.41. The minimum absolute atomic E-state index is 0.0766. The van der Waals surface area contributed by atoms with Crippen LogP contribution >= 0.6 is 11.3 Å². The molecule has 1 amide bonds. The van der Waals surface area contributed by atoms with Crippen LogP contribution in [0.1, 0.15) is 29.9 Å². The number of carbonyl (C=O) groups is 1. The molecule has 124 valence electrons. The lowest BCUT2D eigenvalue weighted by Gasteiger charge is -2.07. The van der Waals surface area contributed by atoms with Crippen LogP contribution in [-0.4, -0.2) is 25.7 Å². The Kier molecular flexibility index (Phi) is 6.74. The van der Waals surface area contributed by atoms with Crippen molar-refractivity contribution < 1.29 is 13.9 Å². The van der Waals surface area contributed by atoms with E-state index in [1.807, 2.05) is 6.07 Å². The quantitative estimate of drug-likeness (QED) is 0.729. The second kappa shape index (κ2) is 8.79. The van der Waals surface area contributed by atoms with Crippen LogP contribution in [0.4, 0.5) is 4.39 Å². The Morgan fingerprint density at radius 2 is 1.96 bits per heavy atom. The second-order valence-corrected chi connectivity index (χ2v) is 6.83. The fourth-order valence-electron chi connectivity index (χ4n) is 2.01. The van der Waals surface area contributed by atoms with E-state index in [2.05, 4.69) is 19.2 Å². The molecule has 2 rings (SSSR count). The van der Waals surface area contributed by atoms with E-state index in [4.69, 9.17) is 4.74 Å². The minimum atomic E-state index is -0.261. The molecule has 1 aromatic heterocycles. The number of thiophene rings is 1. The molecule has 0 atom stereocenters. The van der Waals surface area contributed by atoms with Crippen LogP contribution in [0, 0.1) is 11.7 Å². The van der Waals surface area contributed by atoms with Crippen molar-refractivity contribution >= 4 is 17.2 Å². The number of ether oxygens (including phenoxy) is 1. The van der Waals surface area contributed by atoms with Crippen LogP contribution in [0.2, 0.25) is 0 Å². The summed E-state index contributed by atoms with van der Waals surface area (Å²) in [4.78, 5) is 13.7. The fraction of sp³-hybridized carbons (Fsp3) is 0.389. The molecule has 0 fully saturated rings. The lowest BCUT2D eigenvalue weighted by molar-refractivity contribution is 0.0928. The average Bonchev–Trinajstić information content (AvgIpc) is 3.01. The first-order valence-corrected chi connectivity index (χ1v) is 8.59. The lowest BCUT2D eigenvalue weighted by atomic mass is 10.2. The predicted molar refractivity (Wildman–Crippen MR) is 92.3 cm³/mol. The van der Waals surface area contributed by atoms with Gasteiger partial charge in [-0.3, -0.25) is 4.79 Å². The molecule has 5 heteroatoms. The van der Waals surface area contributed by atoms with E-state index in [-0.39, 0.29) is 11.7 Å². The molecule has 0 saturated carbocycles. The van der Waals surface area contributed by atoms with Crippen molar-refractivity contribution in [2.75, 3.05) is 19.8 Å². The van der Waals surface area contributed by atoms with Crippen LogP contribution in [0.25, 0.3) is 10.4 Å². The third-order valence-electron chi connectivity index (χ3n) is 3.16. The van der Waals surface area contributed by atoms with Gasteiger partial charge in [0.2, 0.25) is 0 Å². The SMILES string of the molecule is CC(C)COCCCNC(=O)c1ccc(-c2ccc(F)cc2)s1. The number of halogens is 1. The van der Waals surface area contributed by atoms with Crippen molar-refractivity contribution in [3.05, 3.63) is 47.1 Å². The maximum atomic E-state index is 12.9. The summed E-state index contributed by atoms with van der Waals surface area (Å²) in [6.45, 7) is 6.22. The molecule has 23 heavy (non-hydrogen) atoms. The van der Waals surface area contributed by atoms with E-state index in [0.29, 0.717) is 23.9 Å². The van der Waals surface area contributed by atoms with E-state index >= 15 is 0 Å². The number of nitrogens with one attached hydrogen (secondary N) is 1. The molecule has 0 bridgehead atoms. The summed E-state index contributed by atoms with van der Waals surface area (Å²) in [5, 5.41) is 2.89. The maximum absolute atomic E-state index is 12.9. The molecular weight excluding hydrogens is 313 g/mol. The maximum Gasteiger partial charge on any atom is 0.261 e. The van der Waals surface area contributed by atoms with Crippen molar-refractivity contribution in [2.24, 2.45) is 5.92 Å². The van der Waals surface area contributed by atoms with Gasteiger partial charge in [-0.2, -0.15) is 0 Å². The number of amides is 1. The van der Waals surface area contributed by atoms with Crippen molar-refractivity contribution in [1.29, 1.82) is 0 Å². The number of benzene rings is 1. The summed E-state index contributed by atoms with van der Waals surface area (Å²) in [7, 11) is 0. The summed E-state index contributed by atoms with van der Waals surface area (Å²) in [6, 6.07) is 9.97. The van der Waals surface area contributed by atoms with Crippen LogP contribution in [0.15, 0.2) is 36.4 Å². The van der Waals surface area contributed by atoms with Gasteiger partial charge in [0.1, 0.15) is 5.82 Å². The van der Waals surface area contributed by atoms with Crippen LogP contribution < -0.4 is 5.32 Å². The molecule has 0 aliphatic rings. The standard InChI is InChI=1S/C18H22FNO2S/c1-13(2)12-22-11-3-10-20-18(21)17-9-8-16(23-17)14-4-6-15(19)7-5-14/h4-9,13H,3,10-12H2,1-2H3,(H,20,21). The zero-order valence-corrected chi connectivity index (χ0v) is 14.3. The molecule has 0 aliphatic carbocycles. The van der Waals surface area contributed by atoms with Crippen molar-refractivity contribution in [3.8, 4) is 10.4 Å². The van der Waals surface area contributed by atoms with E-state index in [1.54, 1.807) is 18.2 Å². The van der Waals surface area contributed by atoms with Gasteiger partial charge in [-0.1, -0.05) is 26.0 Å². The molecule has 1 heterocycles. The summed E-state index contributed by atoms with van der Waals surface area (Å²) in [6.07, 6.45) is 0.800. The molecule has 0 saturated heterocycles. The topological polar surface area (TPSA) is 38.3 Å². The Morgan fingerprint density at radius 3 is 2.65 bits per heavy atom. The first-order valence-electron chi connectivity index (χ1n) is 7.78. The first-order chi connectivity index (χ1) is 11.1. The molecule has 3 nitrogen and oxygen atoms in total. The predicted octanol–water partition coefficient (Wildman–Crippen LogP) is 4.35. The summed E-state index contributed by atoms with van der Waals surface area (Å²) < 4.78 is 18.4. The largest absolute Gasteiger partial charge is 0.381 e. The van der Waals surface area contributed by atoms with Gasteiger partial charge in [0.05, 0.1) is 4.88 Å². The van der Waals surface area contributed by atoms with Gasteiger partial charge in [0.15, 0.2) is 0 Å². The Balaban J connectivity index is 1.78. The average molecular weight is 335 g/mol. The highest BCUT2D eigenvalue weighted by Crippen LogP contribution is 2.28. The summed E-state index contributed by atoms with van der Waals surface area (Å²) in [5.41, 5.74) is 0.914. The third kappa shape index (κ3) is 5.77. The highest BCUT2D eigenvalue weighted by Gasteiger charge is 2.10. The van der Waals surface area contributed by atoms with E-state index < -0.39 is 0 Å². The van der Waals surface area contributed by atoms with E-state index in [0.717, 1.165) is 23.5 Å². The fourth-order valence-corrected chi connectivity index (χ4v) is 2.94. The van der Waals surface area contributed by atoms with Gasteiger partial charge in [-0.15, -0.1) is 11.3 Å². The zero-order valence-electron chi connectivity index (χ0n) is 13.5. The van der Waals surface area contributed by atoms with E-state index in [1.165, 1.54) is 23.5 Å². The zero-order chi connectivity index (χ0) is 16.7. The Labute approximate surface area is 140 Å². The second-order valence-electron chi connectivity index (χ2n) is 5.75. The Bertz CT molecular complexity index is 622. The highest BCUT2D eigenvalue weighted by atomic mass is 32.1. The van der Waals surface area contributed by atoms with Crippen molar-refractivity contribution in [2.45, 2.75) is 20.3 Å². The molecule has 0 aliphatic heterocycles. The first kappa shape index (κ1) is 17.6. The van der Waals surface area contributed by atoms with Crippen molar-refractivity contribution in [3.63, 3.8) is 0 Å². The van der Waals surface area contributed by atoms with Gasteiger partial charge < -0.3 is 10.1 Å². The van der Waals surface area contributed by atoms with Gasteiger partial charge in [-0.25, -0.2) is 4.39 Å². The number of rotatable bonds is 8. The summed E-state index contributed by atoms with van der Waals surface area (Å²) in [5.74, 6) is 0.191. The molecule has 0 unspecified atom stereocenters. The number of hydrogen-bond acceptors (Lipinski definition) is 3. The monoisotopic (exact) mass is 335 g/mol. The molecule has 1 N–H and O–H groups in total. The van der Waals surface area contributed by atoms with Crippen LogP contribution in [0.3, 0.4) is 0 Å². The van der Waals surface area contributed by atoms with Crippen LogP contribution in [0.5, 0.6) is 0 Å². The smallest absolute Gasteiger partial charge is 0.261 e. The van der Waals surface area contributed by atoms with E-state index in [9.17, 15) is 9.18 Å². The van der Waals surface area contributed by atoms with Crippen molar-refractivity contribution in [1.82, 2.24) is 5.32 Å². The van der Waals surface area contributed by atoms with Gasteiger partial charge in [0, 0.05) is 24.6 Å². The normalized spacial score (nSPS) is 11.0. The minimum Gasteiger partial charge on any atom is -0.381 e. The number of carbonyl (C=O) groups excluding carboxylic acids is 1. The molecule has 1 aromatic carbocycles. The van der Waals surface area contributed by atoms with Gasteiger partial charge >= 0.3 is 0 Å². The van der Waals surface area contributed by atoms with Gasteiger partial charge in [-0.05, 0) is 42.2 Å². The Morgan fingerprint density at radius 1 is 1.22 bits per heavy atom. The molecule has 0 radical (unpaired) electrons. The number of hydrogen-bond donors (Lipinski definition) is 1. The third-order valence-corrected chi connectivity index (χ3v) is 4.29. The molecule has 0 spiro atoms. The Hall–Kier alpha value is -1.72.